The Kier molecular flexibility index (Phi) is 5.80. The number of carboxylic acid groups (broad SMARTS) is 1. The van der Waals surface area contributed by atoms with Gasteiger partial charge in [0.25, 0.3) is 5.91 Å². The standard InChI is InChI=1S/C18H23N3O4/c1-11(2)14-6-5-12(3)9-15(14)25-13(4)18(24)19-16-7-8-21(20-16)10-17(22)23/h5-9,11,13H,10H2,1-4H3,(H,22,23)(H,19,20,24). The molecular formula is C18H23N3O4. The zero-order chi connectivity index (χ0) is 18.6. The van der Waals surface area contributed by atoms with E-state index in [4.69, 9.17) is 9.84 Å². The van der Waals surface area contributed by atoms with Gasteiger partial charge in [-0.05, 0) is 37.0 Å². The van der Waals surface area contributed by atoms with Crippen LogP contribution in [-0.4, -0.2) is 32.9 Å². The maximum absolute atomic E-state index is 12.3. The van der Waals surface area contributed by atoms with E-state index in [0.29, 0.717) is 5.75 Å². The summed E-state index contributed by atoms with van der Waals surface area (Å²) in [5, 5.41) is 15.4. The number of hydrogen-bond acceptors (Lipinski definition) is 4. The van der Waals surface area contributed by atoms with Gasteiger partial charge in [-0.1, -0.05) is 26.0 Å². The van der Waals surface area contributed by atoms with Crippen molar-refractivity contribution in [2.75, 3.05) is 5.32 Å². The van der Waals surface area contributed by atoms with Gasteiger partial charge in [0.15, 0.2) is 11.9 Å². The number of nitrogens with one attached hydrogen (secondary N) is 1. The molecule has 2 aromatic rings. The van der Waals surface area contributed by atoms with Crippen LogP contribution in [0.5, 0.6) is 5.75 Å². The molecule has 1 heterocycles. The van der Waals surface area contributed by atoms with Gasteiger partial charge in [-0.3, -0.25) is 14.3 Å². The number of anilines is 1. The zero-order valence-corrected chi connectivity index (χ0v) is 14.8. The first-order valence-electron chi connectivity index (χ1n) is 8.09. The fraction of sp³-hybridized carbons (Fsp3) is 0.389. The van der Waals surface area contributed by atoms with Crippen LogP contribution in [0, 0.1) is 6.92 Å². The number of aryl methyl sites for hydroxylation is 1. The number of nitrogens with zero attached hydrogens (tertiary/aromatic N) is 2. The predicted octanol–water partition coefficient (Wildman–Crippen LogP) is 2.81. The lowest BCUT2D eigenvalue weighted by molar-refractivity contribution is -0.137. The molecule has 0 aliphatic rings. The second-order valence-corrected chi connectivity index (χ2v) is 6.24. The minimum atomic E-state index is -1.00. The van der Waals surface area contributed by atoms with Crippen molar-refractivity contribution in [3.63, 3.8) is 0 Å². The first-order chi connectivity index (χ1) is 11.8. The van der Waals surface area contributed by atoms with Crippen LogP contribution >= 0.6 is 0 Å². The monoisotopic (exact) mass is 345 g/mol. The zero-order valence-electron chi connectivity index (χ0n) is 14.8. The molecular weight excluding hydrogens is 322 g/mol. The SMILES string of the molecule is Cc1ccc(C(C)C)c(OC(C)C(=O)Nc2ccn(CC(=O)O)n2)c1. The lowest BCUT2D eigenvalue weighted by Gasteiger charge is -2.19. The van der Waals surface area contributed by atoms with Gasteiger partial charge in [-0.2, -0.15) is 5.10 Å². The molecule has 0 bridgehead atoms. The average molecular weight is 345 g/mol. The molecule has 7 heteroatoms. The molecule has 2 N–H and O–H groups in total. The summed E-state index contributed by atoms with van der Waals surface area (Å²) in [4.78, 5) is 23.0. The van der Waals surface area contributed by atoms with Crippen molar-refractivity contribution in [2.24, 2.45) is 0 Å². The normalized spacial score (nSPS) is 12.0. The molecule has 0 radical (unpaired) electrons. The number of benzene rings is 1. The topological polar surface area (TPSA) is 93.5 Å². The second kappa shape index (κ2) is 7.83. The molecule has 2 rings (SSSR count). The van der Waals surface area contributed by atoms with Gasteiger partial charge in [0, 0.05) is 12.3 Å². The van der Waals surface area contributed by atoms with E-state index in [-0.39, 0.29) is 24.2 Å². The van der Waals surface area contributed by atoms with Gasteiger partial charge in [0.2, 0.25) is 0 Å². The Morgan fingerprint density at radius 2 is 2.00 bits per heavy atom. The van der Waals surface area contributed by atoms with Gasteiger partial charge >= 0.3 is 5.97 Å². The van der Waals surface area contributed by atoms with Crippen molar-refractivity contribution in [3.8, 4) is 5.75 Å². The second-order valence-electron chi connectivity index (χ2n) is 6.24. The minimum Gasteiger partial charge on any atom is -0.481 e. The highest BCUT2D eigenvalue weighted by atomic mass is 16.5. The quantitative estimate of drug-likeness (QED) is 0.805. The number of carboxylic acids is 1. The van der Waals surface area contributed by atoms with Crippen LogP contribution in [0.4, 0.5) is 5.82 Å². The third kappa shape index (κ3) is 5.07. The summed E-state index contributed by atoms with van der Waals surface area (Å²) >= 11 is 0. The molecule has 1 aromatic carbocycles. The van der Waals surface area contributed by atoms with Crippen LogP contribution in [0.3, 0.4) is 0 Å². The molecule has 1 unspecified atom stereocenters. The summed E-state index contributed by atoms with van der Waals surface area (Å²) in [6.07, 6.45) is 0.774. The highest BCUT2D eigenvalue weighted by Gasteiger charge is 2.18. The third-order valence-electron chi connectivity index (χ3n) is 3.65. The van der Waals surface area contributed by atoms with Crippen molar-refractivity contribution < 1.29 is 19.4 Å². The first-order valence-corrected chi connectivity index (χ1v) is 8.09. The van der Waals surface area contributed by atoms with E-state index in [2.05, 4.69) is 24.3 Å². The summed E-state index contributed by atoms with van der Waals surface area (Å²) in [6.45, 7) is 7.50. The van der Waals surface area contributed by atoms with Crippen LogP contribution in [0.1, 0.15) is 37.8 Å². The molecule has 0 saturated heterocycles. The Labute approximate surface area is 146 Å². The lowest BCUT2D eigenvalue weighted by Crippen LogP contribution is -2.30. The highest BCUT2D eigenvalue weighted by Crippen LogP contribution is 2.28. The molecule has 1 amide bonds. The molecule has 25 heavy (non-hydrogen) atoms. The summed E-state index contributed by atoms with van der Waals surface area (Å²) < 4.78 is 7.09. The maximum atomic E-state index is 12.3. The van der Waals surface area contributed by atoms with Gasteiger partial charge in [0.1, 0.15) is 12.3 Å². The Morgan fingerprint density at radius 1 is 1.28 bits per heavy atom. The van der Waals surface area contributed by atoms with Gasteiger partial charge in [0.05, 0.1) is 0 Å². The van der Waals surface area contributed by atoms with Crippen LogP contribution in [0.15, 0.2) is 30.5 Å². The van der Waals surface area contributed by atoms with Crippen LogP contribution in [0.2, 0.25) is 0 Å². The van der Waals surface area contributed by atoms with Gasteiger partial charge in [-0.15, -0.1) is 0 Å². The molecule has 1 aromatic heterocycles. The van der Waals surface area contributed by atoms with Crippen LogP contribution in [-0.2, 0) is 16.1 Å². The third-order valence-corrected chi connectivity index (χ3v) is 3.65. The Morgan fingerprint density at radius 3 is 2.64 bits per heavy atom. The number of rotatable bonds is 7. The predicted molar refractivity (Wildman–Crippen MR) is 93.9 cm³/mol. The molecule has 7 nitrogen and oxygen atoms in total. The van der Waals surface area contributed by atoms with E-state index in [9.17, 15) is 9.59 Å². The molecule has 0 aliphatic heterocycles. The Bertz CT molecular complexity index is 767. The van der Waals surface area contributed by atoms with Crippen molar-refractivity contribution in [1.82, 2.24) is 9.78 Å². The fourth-order valence-corrected chi connectivity index (χ4v) is 2.35. The number of aliphatic carboxylic acids is 1. The van der Waals surface area contributed by atoms with E-state index in [0.717, 1.165) is 11.1 Å². The van der Waals surface area contributed by atoms with Crippen molar-refractivity contribution in [3.05, 3.63) is 41.6 Å². The van der Waals surface area contributed by atoms with Crippen LogP contribution in [0.25, 0.3) is 0 Å². The van der Waals surface area contributed by atoms with Crippen LogP contribution < -0.4 is 10.1 Å². The van der Waals surface area contributed by atoms with Crippen molar-refractivity contribution in [1.29, 1.82) is 0 Å². The van der Waals surface area contributed by atoms with Crippen molar-refractivity contribution >= 4 is 17.7 Å². The summed E-state index contributed by atoms with van der Waals surface area (Å²) in [6, 6.07) is 7.48. The average Bonchev–Trinajstić information content (AvgIpc) is 2.93. The van der Waals surface area contributed by atoms with E-state index in [1.54, 1.807) is 13.0 Å². The van der Waals surface area contributed by atoms with E-state index < -0.39 is 12.1 Å². The number of aromatic nitrogens is 2. The number of hydrogen-bond donors (Lipinski definition) is 2. The highest BCUT2D eigenvalue weighted by molar-refractivity contribution is 5.93. The number of amides is 1. The fourth-order valence-electron chi connectivity index (χ4n) is 2.35. The maximum Gasteiger partial charge on any atom is 0.325 e. The van der Waals surface area contributed by atoms with E-state index in [1.807, 2.05) is 25.1 Å². The van der Waals surface area contributed by atoms with E-state index >= 15 is 0 Å². The number of ether oxygens (including phenoxy) is 1. The summed E-state index contributed by atoms with van der Waals surface area (Å²) in [5.41, 5.74) is 2.09. The van der Waals surface area contributed by atoms with Crippen molar-refractivity contribution in [2.45, 2.75) is 46.3 Å². The molecule has 0 aliphatic carbocycles. The molecule has 0 fully saturated rings. The lowest BCUT2D eigenvalue weighted by atomic mass is 10.0. The molecule has 134 valence electrons. The molecule has 0 spiro atoms. The summed E-state index contributed by atoms with van der Waals surface area (Å²) in [5.74, 6) is -0.100. The Hall–Kier alpha value is -2.83. The van der Waals surface area contributed by atoms with E-state index in [1.165, 1.54) is 10.9 Å². The first kappa shape index (κ1) is 18.5. The molecule has 1 atom stereocenters. The minimum absolute atomic E-state index is 0.261. The summed E-state index contributed by atoms with van der Waals surface area (Å²) in [7, 11) is 0. The van der Waals surface area contributed by atoms with Gasteiger partial charge in [-0.25, -0.2) is 0 Å². The largest absolute Gasteiger partial charge is 0.481 e. The smallest absolute Gasteiger partial charge is 0.325 e. The number of carbonyl (C=O) groups is 2. The number of carbonyl (C=O) groups excluding carboxylic acids is 1. The van der Waals surface area contributed by atoms with Gasteiger partial charge < -0.3 is 15.2 Å². The molecule has 0 saturated carbocycles. The Balaban J connectivity index is 2.04.